The molecule has 0 radical (unpaired) electrons. The van der Waals surface area contributed by atoms with Crippen molar-refractivity contribution in [3.05, 3.63) is 52.5 Å². The second-order valence-corrected chi connectivity index (χ2v) is 6.87. The van der Waals surface area contributed by atoms with Gasteiger partial charge in [0.05, 0.1) is 0 Å². The molecule has 0 aliphatic heterocycles. The average Bonchev–Trinajstić information content (AvgIpc) is 2.75. The van der Waals surface area contributed by atoms with Gasteiger partial charge in [-0.25, -0.2) is 0 Å². The van der Waals surface area contributed by atoms with E-state index in [1.54, 1.807) is 18.2 Å². The number of nitrogens with zero attached hydrogens (tertiary/aromatic N) is 1. The zero-order valence-electron chi connectivity index (χ0n) is 9.45. The number of benzene rings is 2. The molecule has 3 rings (SSSR count). The Kier molecular flexibility index (Phi) is 3.39. The van der Waals surface area contributed by atoms with Crippen molar-refractivity contribution in [2.45, 2.75) is 0 Å². The summed E-state index contributed by atoms with van der Waals surface area (Å²) < 4.78 is 29.1. The van der Waals surface area contributed by atoms with Crippen LogP contribution in [-0.2, 0) is 0 Å². The number of hydrogen-bond acceptors (Lipinski definition) is 2. The molecule has 1 N–H and O–H groups in total. The first-order valence-corrected chi connectivity index (χ1v) is 7.91. The normalized spacial score (nSPS) is 10.9. The molecular formula is C13H7BrF2N2Se. The van der Waals surface area contributed by atoms with Crippen molar-refractivity contribution in [2.24, 2.45) is 0 Å². The molecule has 0 saturated heterocycles. The number of hydrogen-bond donors (Lipinski definition) is 1. The SMILES string of the molecule is Fc1ccc2[se]c(Nc3c(F)cccc3Br)nc2c1. The molecule has 3 aromatic rings. The number of para-hydroxylation sites is 1. The van der Waals surface area contributed by atoms with Crippen LogP contribution < -0.4 is 5.32 Å². The molecule has 0 bridgehead atoms. The molecule has 1 heterocycles. The number of fused-ring (bicyclic) bond motifs is 1. The molecule has 0 aliphatic carbocycles. The van der Waals surface area contributed by atoms with Crippen LogP contribution in [0.4, 0.5) is 19.2 Å². The summed E-state index contributed by atoms with van der Waals surface area (Å²) in [6.45, 7) is 0. The molecular weight excluding hydrogens is 381 g/mol. The van der Waals surface area contributed by atoms with Crippen LogP contribution >= 0.6 is 15.9 Å². The predicted octanol–water partition coefficient (Wildman–Crippen LogP) is 4.08. The second kappa shape index (κ2) is 5.04. The van der Waals surface area contributed by atoms with Gasteiger partial charge in [-0.05, 0) is 0 Å². The van der Waals surface area contributed by atoms with Gasteiger partial charge in [-0.15, -0.1) is 0 Å². The van der Waals surface area contributed by atoms with Gasteiger partial charge in [0, 0.05) is 0 Å². The van der Waals surface area contributed by atoms with E-state index in [-0.39, 0.29) is 26.1 Å². The molecule has 96 valence electrons. The van der Waals surface area contributed by atoms with Crippen LogP contribution in [0.2, 0.25) is 0 Å². The van der Waals surface area contributed by atoms with Crippen molar-refractivity contribution in [1.29, 1.82) is 0 Å². The van der Waals surface area contributed by atoms with Gasteiger partial charge in [-0.2, -0.15) is 0 Å². The Labute approximate surface area is 122 Å². The Morgan fingerprint density at radius 1 is 1.16 bits per heavy atom. The van der Waals surface area contributed by atoms with Gasteiger partial charge in [-0.1, -0.05) is 0 Å². The van der Waals surface area contributed by atoms with Gasteiger partial charge >= 0.3 is 122 Å². The van der Waals surface area contributed by atoms with E-state index in [4.69, 9.17) is 0 Å². The van der Waals surface area contributed by atoms with E-state index in [9.17, 15) is 8.78 Å². The quantitative estimate of drug-likeness (QED) is 0.670. The monoisotopic (exact) mass is 388 g/mol. The molecule has 2 aromatic carbocycles. The minimum atomic E-state index is -0.352. The third kappa shape index (κ3) is 2.56. The van der Waals surface area contributed by atoms with Crippen molar-refractivity contribution in [1.82, 2.24) is 4.98 Å². The Hall–Kier alpha value is -1.23. The third-order valence-electron chi connectivity index (χ3n) is 2.54. The van der Waals surface area contributed by atoms with E-state index >= 15 is 0 Å². The standard InChI is InChI=1S/C13H7BrF2N2Se/c14-8-2-1-3-9(16)12(8)18-13-17-10-6-7(15)4-5-11(10)19-13/h1-6H,(H,17,18). The van der Waals surface area contributed by atoms with Gasteiger partial charge in [-0.3, -0.25) is 0 Å². The summed E-state index contributed by atoms with van der Waals surface area (Å²) in [4.78, 5) is 4.30. The molecule has 1 aromatic heterocycles. The molecule has 0 aliphatic rings. The number of rotatable bonds is 2. The number of aromatic nitrogens is 1. The van der Waals surface area contributed by atoms with E-state index < -0.39 is 0 Å². The molecule has 0 saturated carbocycles. The summed E-state index contributed by atoms with van der Waals surface area (Å²) in [5.74, 6) is -0.665. The van der Waals surface area contributed by atoms with Gasteiger partial charge in [0.25, 0.3) is 0 Å². The zero-order chi connectivity index (χ0) is 13.4. The molecule has 0 amide bonds. The van der Waals surface area contributed by atoms with Crippen LogP contribution in [-0.4, -0.2) is 19.5 Å². The fourth-order valence-electron chi connectivity index (χ4n) is 1.68. The van der Waals surface area contributed by atoms with Crippen molar-refractivity contribution >= 4 is 50.6 Å². The summed E-state index contributed by atoms with van der Waals surface area (Å²) >= 11 is 3.23. The predicted molar refractivity (Wildman–Crippen MR) is 76.0 cm³/mol. The fourth-order valence-corrected chi connectivity index (χ4v) is 3.90. The number of nitrogens with one attached hydrogen (secondary N) is 1. The molecule has 0 unspecified atom stereocenters. The van der Waals surface area contributed by atoms with Crippen molar-refractivity contribution < 1.29 is 8.78 Å². The Morgan fingerprint density at radius 3 is 2.79 bits per heavy atom. The summed E-state index contributed by atoms with van der Waals surface area (Å²) in [5, 5.41) is 2.98. The summed E-state index contributed by atoms with van der Waals surface area (Å²) in [6, 6.07) is 9.28. The van der Waals surface area contributed by atoms with Gasteiger partial charge < -0.3 is 0 Å². The fraction of sp³-hybridized carbons (Fsp3) is 0. The molecule has 0 atom stereocenters. The molecule has 19 heavy (non-hydrogen) atoms. The van der Waals surface area contributed by atoms with Gasteiger partial charge in [0.2, 0.25) is 0 Å². The Bertz CT molecular complexity index is 737. The first-order chi connectivity index (χ1) is 9.13. The van der Waals surface area contributed by atoms with Crippen LogP contribution in [0, 0.1) is 11.6 Å². The summed E-state index contributed by atoms with van der Waals surface area (Å²) in [7, 11) is 0. The van der Waals surface area contributed by atoms with Crippen LogP contribution in [0.1, 0.15) is 0 Å². The average molecular weight is 388 g/mol. The van der Waals surface area contributed by atoms with Crippen LogP contribution in [0.15, 0.2) is 40.9 Å². The minimum absolute atomic E-state index is 0.0647. The maximum atomic E-state index is 13.7. The zero-order valence-corrected chi connectivity index (χ0v) is 12.8. The molecule has 0 fully saturated rings. The number of anilines is 2. The number of halogens is 3. The topological polar surface area (TPSA) is 24.9 Å². The van der Waals surface area contributed by atoms with Crippen LogP contribution in [0.3, 0.4) is 0 Å². The summed E-state index contributed by atoms with van der Waals surface area (Å²) in [5.41, 5.74) is 0.978. The second-order valence-electron chi connectivity index (χ2n) is 3.85. The van der Waals surface area contributed by atoms with Crippen molar-refractivity contribution in [3.63, 3.8) is 0 Å². The molecule has 2 nitrogen and oxygen atoms in total. The Balaban J connectivity index is 2.01. The van der Waals surface area contributed by atoms with Crippen LogP contribution in [0.25, 0.3) is 9.78 Å². The van der Waals surface area contributed by atoms with Gasteiger partial charge in [0.15, 0.2) is 0 Å². The molecule has 0 spiro atoms. The van der Waals surface area contributed by atoms with E-state index in [0.717, 1.165) is 4.26 Å². The van der Waals surface area contributed by atoms with Gasteiger partial charge in [0.1, 0.15) is 0 Å². The molecule has 6 heteroatoms. The first kappa shape index (κ1) is 12.8. The van der Waals surface area contributed by atoms with E-state index in [2.05, 4.69) is 26.2 Å². The van der Waals surface area contributed by atoms with E-state index in [1.165, 1.54) is 18.2 Å². The summed E-state index contributed by atoms with van der Waals surface area (Å²) in [6.07, 6.45) is 0. The van der Waals surface area contributed by atoms with Crippen molar-refractivity contribution in [2.75, 3.05) is 5.32 Å². The van der Waals surface area contributed by atoms with E-state index in [1.807, 2.05) is 0 Å². The third-order valence-corrected chi connectivity index (χ3v) is 5.20. The van der Waals surface area contributed by atoms with E-state index in [0.29, 0.717) is 20.4 Å². The maximum absolute atomic E-state index is 13.7. The first-order valence-electron chi connectivity index (χ1n) is 5.40. The van der Waals surface area contributed by atoms with Crippen LogP contribution in [0.5, 0.6) is 0 Å². The Morgan fingerprint density at radius 2 is 2.00 bits per heavy atom. The van der Waals surface area contributed by atoms with Crippen molar-refractivity contribution in [3.8, 4) is 0 Å².